The minimum atomic E-state index is -0.543. The van der Waals surface area contributed by atoms with Gasteiger partial charge in [-0.2, -0.15) is 0 Å². The quantitative estimate of drug-likeness (QED) is 0.602. The summed E-state index contributed by atoms with van der Waals surface area (Å²) in [5.41, 5.74) is 6.43. The van der Waals surface area contributed by atoms with Crippen LogP contribution in [-0.4, -0.2) is 16.9 Å². The number of nitrogens with zero attached hydrogens (tertiary/aromatic N) is 1. The average Bonchev–Trinajstić information content (AvgIpc) is 2.35. The largest absolute Gasteiger partial charge is 0.351 e. The van der Waals surface area contributed by atoms with Gasteiger partial charge in [-0.1, -0.05) is 26.0 Å². The van der Waals surface area contributed by atoms with Gasteiger partial charge in [0.15, 0.2) is 0 Å². The maximum Gasteiger partial charge on any atom is 0.269 e. The molecule has 1 rings (SSSR count). The highest BCUT2D eigenvalue weighted by Crippen LogP contribution is 2.12. The number of non-ortho nitro benzene ring substituents is 1. The Balaban J connectivity index is 2.54. The number of rotatable bonds is 6. The first-order chi connectivity index (χ1) is 8.90. The van der Waals surface area contributed by atoms with Gasteiger partial charge in [0.25, 0.3) is 5.69 Å². The van der Waals surface area contributed by atoms with Crippen molar-refractivity contribution >= 4 is 11.6 Å². The highest BCUT2D eigenvalue weighted by atomic mass is 16.6. The third kappa shape index (κ3) is 5.05. The molecular formula is C13H19N3O3. The fourth-order valence-electron chi connectivity index (χ4n) is 1.72. The van der Waals surface area contributed by atoms with E-state index in [4.69, 9.17) is 5.73 Å². The third-order valence-corrected chi connectivity index (χ3v) is 2.65. The van der Waals surface area contributed by atoms with Crippen molar-refractivity contribution in [2.24, 2.45) is 11.7 Å². The normalized spacial score (nSPS) is 12.2. The maximum absolute atomic E-state index is 11.7. The van der Waals surface area contributed by atoms with Gasteiger partial charge in [-0.05, 0) is 17.9 Å². The van der Waals surface area contributed by atoms with Gasteiger partial charge < -0.3 is 11.1 Å². The van der Waals surface area contributed by atoms with Gasteiger partial charge in [0.2, 0.25) is 5.91 Å². The zero-order valence-electron chi connectivity index (χ0n) is 11.1. The first-order valence-corrected chi connectivity index (χ1v) is 6.16. The molecule has 0 aromatic heterocycles. The Morgan fingerprint density at radius 1 is 1.47 bits per heavy atom. The fourth-order valence-corrected chi connectivity index (χ4v) is 1.72. The fraction of sp³-hybridized carbons (Fsp3) is 0.462. The van der Waals surface area contributed by atoms with Gasteiger partial charge in [0.05, 0.1) is 11.0 Å². The van der Waals surface area contributed by atoms with E-state index in [0.29, 0.717) is 17.9 Å². The summed E-state index contributed by atoms with van der Waals surface area (Å²) >= 11 is 0. The molecule has 0 saturated heterocycles. The third-order valence-electron chi connectivity index (χ3n) is 2.65. The van der Waals surface area contributed by atoms with Crippen LogP contribution < -0.4 is 11.1 Å². The van der Waals surface area contributed by atoms with Crippen LogP contribution in [-0.2, 0) is 11.3 Å². The Morgan fingerprint density at radius 2 is 2.16 bits per heavy atom. The van der Waals surface area contributed by atoms with Gasteiger partial charge in [0.1, 0.15) is 0 Å². The molecule has 0 fully saturated rings. The van der Waals surface area contributed by atoms with Crippen molar-refractivity contribution in [3.63, 3.8) is 0 Å². The summed E-state index contributed by atoms with van der Waals surface area (Å²) in [5, 5.41) is 13.3. The van der Waals surface area contributed by atoms with Crippen LogP contribution in [0.25, 0.3) is 0 Å². The van der Waals surface area contributed by atoms with E-state index in [9.17, 15) is 14.9 Å². The molecule has 1 aromatic carbocycles. The van der Waals surface area contributed by atoms with Crippen LogP contribution in [0.3, 0.4) is 0 Å². The van der Waals surface area contributed by atoms with Crippen LogP contribution in [0.1, 0.15) is 25.8 Å². The van der Waals surface area contributed by atoms with Crippen molar-refractivity contribution in [3.05, 3.63) is 39.9 Å². The second-order valence-electron chi connectivity index (χ2n) is 4.88. The molecule has 6 heteroatoms. The SMILES string of the molecule is CC(C)CC(N)C(=O)NCc1cccc([N+](=O)[O-])c1. The number of carbonyl (C=O) groups excluding carboxylic acids is 1. The summed E-state index contributed by atoms with van der Waals surface area (Å²) in [6, 6.07) is 5.62. The second kappa shape index (κ2) is 6.84. The summed E-state index contributed by atoms with van der Waals surface area (Å²) < 4.78 is 0. The Hall–Kier alpha value is -1.95. The minimum absolute atomic E-state index is 0.0122. The van der Waals surface area contributed by atoms with E-state index >= 15 is 0 Å². The number of nitrogens with one attached hydrogen (secondary N) is 1. The van der Waals surface area contributed by atoms with Gasteiger partial charge >= 0.3 is 0 Å². The summed E-state index contributed by atoms with van der Waals surface area (Å²) in [6.07, 6.45) is 0.612. The zero-order valence-corrected chi connectivity index (χ0v) is 11.1. The van der Waals surface area contributed by atoms with Crippen LogP contribution >= 0.6 is 0 Å². The number of benzene rings is 1. The summed E-state index contributed by atoms with van der Waals surface area (Å²) in [7, 11) is 0. The molecular weight excluding hydrogens is 246 g/mol. The minimum Gasteiger partial charge on any atom is -0.351 e. The smallest absolute Gasteiger partial charge is 0.269 e. The highest BCUT2D eigenvalue weighted by molar-refractivity contribution is 5.81. The first-order valence-electron chi connectivity index (χ1n) is 6.16. The molecule has 0 aliphatic heterocycles. The molecule has 1 amide bonds. The molecule has 104 valence electrons. The molecule has 0 aliphatic carbocycles. The predicted octanol–water partition coefficient (Wildman–Crippen LogP) is 1.58. The lowest BCUT2D eigenvalue weighted by Crippen LogP contribution is -2.41. The van der Waals surface area contributed by atoms with E-state index < -0.39 is 11.0 Å². The Kier molecular flexibility index (Phi) is 5.44. The molecule has 0 saturated carbocycles. The lowest BCUT2D eigenvalue weighted by Gasteiger charge is -2.14. The van der Waals surface area contributed by atoms with Gasteiger partial charge in [0, 0.05) is 18.7 Å². The second-order valence-corrected chi connectivity index (χ2v) is 4.88. The van der Waals surface area contributed by atoms with E-state index in [0.717, 1.165) is 0 Å². The number of hydrogen-bond donors (Lipinski definition) is 2. The topological polar surface area (TPSA) is 98.3 Å². The van der Waals surface area contributed by atoms with E-state index in [1.54, 1.807) is 12.1 Å². The lowest BCUT2D eigenvalue weighted by molar-refractivity contribution is -0.384. The monoisotopic (exact) mass is 265 g/mol. The van der Waals surface area contributed by atoms with Crippen molar-refractivity contribution in [1.82, 2.24) is 5.32 Å². The van der Waals surface area contributed by atoms with E-state index in [2.05, 4.69) is 5.32 Å². The molecule has 0 spiro atoms. The van der Waals surface area contributed by atoms with Crippen molar-refractivity contribution < 1.29 is 9.72 Å². The van der Waals surface area contributed by atoms with Crippen LogP contribution in [0.4, 0.5) is 5.69 Å². The molecule has 0 heterocycles. The highest BCUT2D eigenvalue weighted by Gasteiger charge is 2.14. The predicted molar refractivity (Wildman–Crippen MR) is 72.4 cm³/mol. The summed E-state index contributed by atoms with van der Waals surface area (Å²) in [5.74, 6) is 0.110. The molecule has 3 N–H and O–H groups in total. The van der Waals surface area contributed by atoms with Crippen molar-refractivity contribution in [3.8, 4) is 0 Å². The molecule has 1 unspecified atom stereocenters. The van der Waals surface area contributed by atoms with Gasteiger partial charge in [-0.25, -0.2) is 0 Å². The van der Waals surface area contributed by atoms with Crippen LogP contribution in [0, 0.1) is 16.0 Å². The molecule has 0 bridgehead atoms. The van der Waals surface area contributed by atoms with Gasteiger partial charge in [-0.3, -0.25) is 14.9 Å². The van der Waals surface area contributed by atoms with E-state index in [1.807, 2.05) is 13.8 Å². The van der Waals surface area contributed by atoms with Crippen LogP contribution in [0.15, 0.2) is 24.3 Å². The number of nitro groups is 1. The average molecular weight is 265 g/mol. The molecule has 1 aromatic rings. The van der Waals surface area contributed by atoms with Crippen LogP contribution in [0.2, 0.25) is 0 Å². The number of nitrogens with two attached hydrogens (primary N) is 1. The van der Waals surface area contributed by atoms with Crippen LogP contribution in [0.5, 0.6) is 0 Å². The number of amides is 1. The maximum atomic E-state index is 11.7. The lowest BCUT2D eigenvalue weighted by atomic mass is 10.0. The molecule has 1 atom stereocenters. The summed E-state index contributed by atoms with van der Waals surface area (Å²) in [6.45, 7) is 4.23. The molecule has 0 aliphatic rings. The Bertz CT molecular complexity index is 460. The summed E-state index contributed by atoms with van der Waals surface area (Å²) in [4.78, 5) is 21.9. The van der Waals surface area contributed by atoms with E-state index in [-0.39, 0.29) is 18.1 Å². The van der Waals surface area contributed by atoms with E-state index in [1.165, 1.54) is 12.1 Å². The number of carbonyl (C=O) groups is 1. The molecule has 6 nitrogen and oxygen atoms in total. The van der Waals surface area contributed by atoms with Crippen molar-refractivity contribution in [1.29, 1.82) is 0 Å². The molecule has 19 heavy (non-hydrogen) atoms. The number of nitro benzene ring substituents is 1. The Labute approximate surface area is 112 Å². The zero-order chi connectivity index (χ0) is 14.4. The standard InChI is InChI=1S/C13H19N3O3/c1-9(2)6-12(14)13(17)15-8-10-4-3-5-11(7-10)16(18)19/h3-5,7,9,12H,6,8,14H2,1-2H3,(H,15,17). The number of hydrogen-bond acceptors (Lipinski definition) is 4. The Morgan fingerprint density at radius 3 is 2.74 bits per heavy atom. The first kappa shape index (κ1) is 15.1. The van der Waals surface area contributed by atoms with Gasteiger partial charge in [-0.15, -0.1) is 0 Å². The molecule has 0 radical (unpaired) electrons. The van der Waals surface area contributed by atoms with Crippen molar-refractivity contribution in [2.45, 2.75) is 32.9 Å². The van der Waals surface area contributed by atoms with Crippen molar-refractivity contribution in [2.75, 3.05) is 0 Å².